The summed E-state index contributed by atoms with van der Waals surface area (Å²) >= 11 is 0. The van der Waals surface area contributed by atoms with Crippen LogP contribution in [0.2, 0.25) is 0 Å². The van der Waals surface area contributed by atoms with E-state index in [2.05, 4.69) is 53.4 Å². The zero-order chi connectivity index (χ0) is 26.9. The molecule has 0 fully saturated rings. The van der Waals surface area contributed by atoms with Crippen LogP contribution in [-0.4, -0.2) is 49.4 Å². The number of anilines is 2. The van der Waals surface area contributed by atoms with E-state index in [4.69, 9.17) is 9.47 Å². The molecule has 1 aliphatic rings. The molecule has 1 aliphatic heterocycles. The number of nitrogens with zero attached hydrogens (tertiary/aromatic N) is 3. The second-order valence-corrected chi connectivity index (χ2v) is 9.47. The lowest BCUT2D eigenvalue weighted by molar-refractivity contribution is 0.242. The number of fused-ring (bicyclic) bond motifs is 3. The number of urea groups is 1. The van der Waals surface area contributed by atoms with E-state index in [1.54, 1.807) is 25.8 Å². The topological polar surface area (TPSA) is 97.7 Å². The summed E-state index contributed by atoms with van der Waals surface area (Å²) in [6.07, 6.45) is 0.690. The van der Waals surface area contributed by atoms with Crippen molar-refractivity contribution >= 4 is 17.5 Å². The highest BCUT2D eigenvalue weighted by molar-refractivity contribution is 5.76. The van der Waals surface area contributed by atoms with Crippen LogP contribution in [0.3, 0.4) is 0 Å². The number of methoxy groups -OCH3 is 2. The largest absolute Gasteiger partial charge is 0.493 e. The van der Waals surface area contributed by atoms with E-state index < -0.39 is 0 Å². The quantitative estimate of drug-likeness (QED) is 0.506. The van der Waals surface area contributed by atoms with Crippen molar-refractivity contribution in [2.24, 2.45) is 0 Å². The predicted molar refractivity (Wildman–Crippen MR) is 145 cm³/mol. The van der Waals surface area contributed by atoms with Crippen molar-refractivity contribution in [3.8, 4) is 22.8 Å². The average molecular weight is 506 g/mol. The van der Waals surface area contributed by atoms with Gasteiger partial charge in [0.15, 0.2) is 11.5 Å². The third-order valence-corrected chi connectivity index (χ3v) is 6.84. The van der Waals surface area contributed by atoms with E-state index in [1.807, 2.05) is 25.1 Å². The van der Waals surface area contributed by atoms with Crippen LogP contribution < -0.4 is 30.7 Å². The van der Waals surface area contributed by atoms with E-state index in [-0.39, 0.29) is 17.8 Å². The number of ether oxygens (including phenoxy) is 2. The molecule has 0 spiro atoms. The number of carbonyl (C=O) groups is 1. The summed E-state index contributed by atoms with van der Waals surface area (Å²) in [5, 5.41) is 5.48. The molecule has 1 atom stereocenters. The minimum atomic E-state index is -0.313. The van der Waals surface area contributed by atoms with Gasteiger partial charge in [-0.2, -0.15) is 4.98 Å². The van der Waals surface area contributed by atoms with Crippen LogP contribution >= 0.6 is 0 Å². The van der Waals surface area contributed by atoms with E-state index in [0.717, 1.165) is 39.2 Å². The number of aryl methyl sites for hydroxylation is 4. The Morgan fingerprint density at radius 2 is 1.73 bits per heavy atom. The maximum atomic E-state index is 13.4. The normalized spacial score (nSPS) is 12.7. The van der Waals surface area contributed by atoms with Gasteiger partial charge >= 0.3 is 11.7 Å². The average Bonchev–Trinajstić information content (AvgIpc) is 2.87. The first-order chi connectivity index (χ1) is 17.7. The van der Waals surface area contributed by atoms with Gasteiger partial charge in [-0.05, 0) is 62.9 Å². The van der Waals surface area contributed by atoms with E-state index in [9.17, 15) is 9.59 Å². The standard InChI is InChI=1S/C28H35N5O4/c1-16-10-17(2)26(18(3)11-16)33(19(4)15-30-27(34)29-5)25-14-22-21-13-24(37-7)23(36-6)12-20(21)8-9-32(22)28(35)31-25/h10-14,19H,8-9,15H2,1-7H3,(H2,29,30,34). The Balaban J connectivity index is 1.91. The Morgan fingerprint density at radius 3 is 2.35 bits per heavy atom. The number of hydrogen-bond acceptors (Lipinski definition) is 6. The molecular formula is C28H35N5O4. The van der Waals surface area contributed by atoms with Crippen LogP contribution in [0.15, 0.2) is 35.1 Å². The van der Waals surface area contributed by atoms with Crippen LogP contribution in [0, 0.1) is 20.8 Å². The molecule has 196 valence electrons. The van der Waals surface area contributed by atoms with Crippen molar-refractivity contribution in [2.75, 3.05) is 32.7 Å². The van der Waals surface area contributed by atoms with Gasteiger partial charge in [0.25, 0.3) is 0 Å². The van der Waals surface area contributed by atoms with Crippen molar-refractivity contribution < 1.29 is 14.3 Å². The molecule has 2 N–H and O–H groups in total. The van der Waals surface area contributed by atoms with Gasteiger partial charge in [0.05, 0.1) is 26.0 Å². The Kier molecular flexibility index (Phi) is 7.42. The summed E-state index contributed by atoms with van der Waals surface area (Å²) in [5.74, 6) is 1.79. The summed E-state index contributed by atoms with van der Waals surface area (Å²) in [4.78, 5) is 31.9. The van der Waals surface area contributed by atoms with Crippen LogP contribution in [0.1, 0.15) is 29.2 Å². The second kappa shape index (κ2) is 10.5. The Labute approximate surface area is 217 Å². The summed E-state index contributed by atoms with van der Waals surface area (Å²) < 4.78 is 12.8. The van der Waals surface area contributed by atoms with E-state index in [1.165, 1.54) is 0 Å². The highest BCUT2D eigenvalue weighted by Crippen LogP contribution is 2.40. The molecule has 9 nitrogen and oxygen atoms in total. The lowest BCUT2D eigenvalue weighted by Gasteiger charge is -2.34. The predicted octanol–water partition coefficient (Wildman–Crippen LogP) is 3.86. The smallest absolute Gasteiger partial charge is 0.350 e. The summed E-state index contributed by atoms with van der Waals surface area (Å²) in [6.45, 7) is 9.06. The van der Waals surface area contributed by atoms with Gasteiger partial charge in [-0.25, -0.2) is 9.59 Å². The first-order valence-electron chi connectivity index (χ1n) is 12.4. The molecule has 0 aliphatic carbocycles. The third kappa shape index (κ3) is 4.98. The zero-order valence-electron chi connectivity index (χ0n) is 22.6. The molecule has 2 aromatic carbocycles. The lowest BCUT2D eigenvalue weighted by Crippen LogP contribution is -2.44. The van der Waals surface area contributed by atoms with Crippen LogP contribution in [0.25, 0.3) is 11.3 Å². The summed E-state index contributed by atoms with van der Waals surface area (Å²) in [6, 6.07) is 9.63. The lowest BCUT2D eigenvalue weighted by atomic mass is 9.96. The molecule has 37 heavy (non-hydrogen) atoms. The molecule has 2 amide bonds. The van der Waals surface area contributed by atoms with Gasteiger partial charge in [0.1, 0.15) is 5.82 Å². The second-order valence-electron chi connectivity index (χ2n) is 9.47. The maximum Gasteiger partial charge on any atom is 0.350 e. The first-order valence-corrected chi connectivity index (χ1v) is 12.4. The number of aromatic nitrogens is 2. The van der Waals surface area contributed by atoms with Crippen molar-refractivity contribution in [3.63, 3.8) is 0 Å². The monoisotopic (exact) mass is 505 g/mol. The van der Waals surface area contributed by atoms with Crippen molar-refractivity contribution in [2.45, 2.75) is 46.7 Å². The minimum absolute atomic E-state index is 0.194. The fourth-order valence-electron chi connectivity index (χ4n) is 5.19. The number of amides is 2. The van der Waals surface area contributed by atoms with Gasteiger partial charge < -0.3 is 25.0 Å². The van der Waals surface area contributed by atoms with E-state index >= 15 is 0 Å². The van der Waals surface area contributed by atoms with Crippen LogP contribution in [0.4, 0.5) is 16.3 Å². The highest BCUT2D eigenvalue weighted by atomic mass is 16.5. The Morgan fingerprint density at radius 1 is 1.08 bits per heavy atom. The van der Waals surface area contributed by atoms with Crippen molar-refractivity contribution in [1.82, 2.24) is 20.2 Å². The first kappa shape index (κ1) is 26.1. The number of rotatable bonds is 7. The number of carbonyl (C=O) groups excluding carboxylic acids is 1. The zero-order valence-corrected chi connectivity index (χ0v) is 22.6. The fraction of sp³-hybridized carbons (Fsp3) is 0.393. The molecule has 9 heteroatoms. The molecule has 4 rings (SSSR count). The number of benzene rings is 2. The Hall–Kier alpha value is -4.01. The van der Waals surface area contributed by atoms with Gasteiger partial charge in [-0.15, -0.1) is 0 Å². The van der Waals surface area contributed by atoms with Gasteiger partial charge in [0.2, 0.25) is 0 Å². The van der Waals surface area contributed by atoms with Gasteiger partial charge in [-0.1, -0.05) is 17.7 Å². The van der Waals surface area contributed by atoms with Crippen LogP contribution in [-0.2, 0) is 13.0 Å². The minimum Gasteiger partial charge on any atom is -0.493 e. The highest BCUT2D eigenvalue weighted by Gasteiger charge is 2.27. The molecule has 0 saturated heterocycles. The fourth-order valence-corrected chi connectivity index (χ4v) is 5.19. The SMILES string of the molecule is CNC(=O)NCC(C)N(c1cc2n(c(=O)n1)CCc1cc(OC)c(OC)cc1-2)c1c(C)cc(C)cc1C. The molecule has 2 heterocycles. The summed E-state index contributed by atoms with van der Waals surface area (Å²) in [7, 11) is 4.80. The summed E-state index contributed by atoms with van der Waals surface area (Å²) in [5.41, 5.74) is 6.71. The third-order valence-electron chi connectivity index (χ3n) is 6.84. The maximum absolute atomic E-state index is 13.4. The van der Waals surface area contributed by atoms with Gasteiger partial charge in [-0.3, -0.25) is 4.57 Å². The molecule has 0 saturated carbocycles. The van der Waals surface area contributed by atoms with Crippen molar-refractivity contribution in [1.29, 1.82) is 0 Å². The number of nitrogens with one attached hydrogen (secondary N) is 2. The number of hydrogen-bond donors (Lipinski definition) is 2. The molecule has 1 aromatic heterocycles. The van der Waals surface area contributed by atoms with Crippen molar-refractivity contribution in [3.05, 3.63) is 63.1 Å². The molecule has 0 radical (unpaired) electrons. The van der Waals surface area contributed by atoms with E-state index in [0.29, 0.717) is 36.8 Å². The molecule has 3 aromatic rings. The molecular weight excluding hydrogens is 470 g/mol. The Bertz CT molecular complexity index is 1380. The molecule has 0 bridgehead atoms. The van der Waals surface area contributed by atoms with Gasteiger partial charge in [0, 0.05) is 37.5 Å². The van der Waals surface area contributed by atoms with Crippen LogP contribution in [0.5, 0.6) is 11.5 Å². The molecule has 1 unspecified atom stereocenters.